The SMILES string of the molecule is O=S1(=O)CCN(Cc2cccnc2Cl)CC1. The summed E-state index contributed by atoms with van der Waals surface area (Å²) in [6.45, 7) is 1.82. The second kappa shape index (κ2) is 4.69. The van der Waals surface area contributed by atoms with E-state index in [9.17, 15) is 8.42 Å². The van der Waals surface area contributed by atoms with Gasteiger partial charge in [-0.3, -0.25) is 4.90 Å². The highest BCUT2D eigenvalue weighted by atomic mass is 35.5. The number of aromatic nitrogens is 1. The van der Waals surface area contributed by atoms with Crippen molar-refractivity contribution in [1.29, 1.82) is 0 Å². The second-order valence-corrected chi connectivity index (χ2v) is 6.54. The predicted molar refractivity (Wildman–Crippen MR) is 63.2 cm³/mol. The summed E-state index contributed by atoms with van der Waals surface area (Å²) in [5, 5.41) is 0.496. The van der Waals surface area contributed by atoms with Crippen molar-refractivity contribution in [2.75, 3.05) is 24.6 Å². The molecule has 0 radical (unpaired) electrons. The summed E-state index contributed by atoms with van der Waals surface area (Å²) in [6, 6.07) is 3.75. The first-order valence-electron chi connectivity index (χ1n) is 5.09. The highest BCUT2D eigenvalue weighted by molar-refractivity contribution is 7.91. The van der Waals surface area contributed by atoms with Crippen LogP contribution < -0.4 is 0 Å². The third kappa shape index (κ3) is 2.93. The van der Waals surface area contributed by atoms with Gasteiger partial charge >= 0.3 is 0 Å². The fourth-order valence-corrected chi connectivity index (χ4v) is 3.14. The number of sulfone groups is 1. The first-order chi connectivity index (χ1) is 7.57. The molecule has 4 nitrogen and oxygen atoms in total. The van der Waals surface area contributed by atoms with E-state index < -0.39 is 9.84 Å². The Morgan fingerprint density at radius 3 is 2.69 bits per heavy atom. The smallest absolute Gasteiger partial charge is 0.152 e. The second-order valence-electron chi connectivity index (χ2n) is 3.88. The van der Waals surface area contributed by atoms with Crippen molar-refractivity contribution in [3.8, 4) is 0 Å². The van der Waals surface area contributed by atoms with Gasteiger partial charge in [-0.2, -0.15) is 0 Å². The maximum Gasteiger partial charge on any atom is 0.152 e. The maximum absolute atomic E-state index is 11.3. The van der Waals surface area contributed by atoms with Crippen molar-refractivity contribution in [2.24, 2.45) is 0 Å². The Bertz CT molecular complexity index is 461. The number of halogens is 1. The lowest BCUT2D eigenvalue weighted by Gasteiger charge is -2.26. The summed E-state index contributed by atoms with van der Waals surface area (Å²) >= 11 is 5.94. The first kappa shape index (κ1) is 11.8. The number of hydrogen-bond donors (Lipinski definition) is 0. The van der Waals surface area contributed by atoms with Crippen LogP contribution in [0.4, 0.5) is 0 Å². The monoisotopic (exact) mass is 260 g/mol. The third-order valence-corrected chi connectivity index (χ3v) is 4.62. The van der Waals surface area contributed by atoms with Gasteiger partial charge in [-0.15, -0.1) is 0 Å². The Kier molecular flexibility index (Phi) is 3.47. The van der Waals surface area contributed by atoms with Crippen LogP contribution in [0.1, 0.15) is 5.56 Å². The normalized spacial score (nSPS) is 20.8. The molecule has 1 saturated heterocycles. The predicted octanol–water partition coefficient (Wildman–Crippen LogP) is 0.965. The molecule has 0 aromatic carbocycles. The zero-order chi connectivity index (χ0) is 11.6. The number of hydrogen-bond acceptors (Lipinski definition) is 4. The third-order valence-electron chi connectivity index (χ3n) is 2.67. The summed E-state index contributed by atoms with van der Waals surface area (Å²) in [5.41, 5.74) is 0.948. The Balaban J connectivity index is 2.00. The fraction of sp³-hybridized carbons (Fsp3) is 0.500. The molecule has 1 fully saturated rings. The van der Waals surface area contributed by atoms with Gasteiger partial charge in [-0.1, -0.05) is 17.7 Å². The summed E-state index contributed by atoms with van der Waals surface area (Å²) in [4.78, 5) is 6.08. The van der Waals surface area contributed by atoms with Crippen molar-refractivity contribution in [2.45, 2.75) is 6.54 Å². The van der Waals surface area contributed by atoms with Crippen LogP contribution in [0.15, 0.2) is 18.3 Å². The molecule has 0 spiro atoms. The molecule has 1 aliphatic heterocycles. The molecule has 16 heavy (non-hydrogen) atoms. The van der Waals surface area contributed by atoms with E-state index in [1.165, 1.54) is 0 Å². The highest BCUT2D eigenvalue weighted by Gasteiger charge is 2.21. The molecule has 6 heteroatoms. The van der Waals surface area contributed by atoms with Crippen LogP contribution in [-0.2, 0) is 16.4 Å². The molecule has 0 amide bonds. The Morgan fingerprint density at radius 1 is 1.38 bits per heavy atom. The van der Waals surface area contributed by atoms with Crippen LogP contribution in [0.5, 0.6) is 0 Å². The minimum atomic E-state index is -2.81. The van der Waals surface area contributed by atoms with Gasteiger partial charge in [-0.05, 0) is 6.07 Å². The number of rotatable bonds is 2. The topological polar surface area (TPSA) is 50.3 Å². The lowest BCUT2D eigenvalue weighted by Crippen LogP contribution is -2.39. The Morgan fingerprint density at radius 2 is 2.06 bits per heavy atom. The fourth-order valence-electron chi connectivity index (χ4n) is 1.69. The standard InChI is InChI=1S/C10H13ClN2O2S/c11-10-9(2-1-3-12-10)8-13-4-6-16(14,15)7-5-13/h1-3H,4-8H2. The summed E-state index contributed by atoms with van der Waals surface area (Å²) in [7, 11) is -2.81. The molecular formula is C10H13ClN2O2S. The summed E-state index contributed by atoms with van der Waals surface area (Å²) < 4.78 is 22.5. The van der Waals surface area contributed by atoms with E-state index in [4.69, 9.17) is 11.6 Å². The van der Waals surface area contributed by atoms with Gasteiger partial charge in [0.2, 0.25) is 0 Å². The molecule has 0 atom stereocenters. The van der Waals surface area contributed by atoms with Crippen LogP contribution in [0.25, 0.3) is 0 Å². The molecule has 0 aliphatic carbocycles. The van der Waals surface area contributed by atoms with E-state index in [1.54, 1.807) is 6.20 Å². The highest BCUT2D eigenvalue weighted by Crippen LogP contribution is 2.15. The zero-order valence-electron chi connectivity index (χ0n) is 8.76. The van der Waals surface area contributed by atoms with Crippen LogP contribution in [0.2, 0.25) is 5.15 Å². The molecule has 0 bridgehead atoms. The van der Waals surface area contributed by atoms with Crippen molar-refractivity contribution < 1.29 is 8.42 Å². The van der Waals surface area contributed by atoms with Gasteiger partial charge < -0.3 is 0 Å². The van der Waals surface area contributed by atoms with Crippen molar-refractivity contribution in [1.82, 2.24) is 9.88 Å². The van der Waals surface area contributed by atoms with Crippen LogP contribution in [0.3, 0.4) is 0 Å². The average Bonchev–Trinajstić information content (AvgIpc) is 2.24. The molecule has 2 rings (SSSR count). The van der Waals surface area contributed by atoms with Gasteiger partial charge in [0.25, 0.3) is 0 Å². The van der Waals surface area contributed by atoms with E-state index in [0.717, 1.165) is 5.56 Å². The van der Waals surface area contributed by atoms with E-state index in [1.807, 2.05) is 12.1 Å². The average molecular weight is 261 g/mol. The molecule has 0 N–H and O–H groups in total. The Hall–Kier alpha value is -0.650. The minimum absolute atomic E-state index is 0.241. The van der Waals surface area contributed by atoms with Crippen LogP contribution in [0, 0.1) is 0 Å². The quantitative estimate of drug-likeness (QED) is 0.744. The minimum Gasteiger partial charge on any atom is -0.297 e. The molecule has 2 heterocycles. The van der Waals surface area contributed by atoms with Gasteiger partial charge in [-0.25, -0.2) is 13.4 Å². The van der Waals surface area contributed by atoms with Crippen molar-refractivity contribution in [3.05, 3.63) is 29.0 Å². The molecule has 0 unspecified atom stereocenters. The summed E-state index contributed by atoms with van der Waals surface area (Å²) in [5.74, 6) is 0.482. The van der Waals surface area contributed by atoms with E-state index in [0.29, 0.717) is 24.8 Å². The van der Waals surface area contributed by atoms with Crippen LogP contribution in [-0.4, -0.2) is 42.9 Å². The van der Waals surface area contributed by atoms with Gasteiger partial charge in [0.15, 0.2) is 9.84 Å². The van der Waals surface area contributed by atoms with Gasteiger partial charge in [0, 0.05) is 31.4 Å². The zero-order valence-corrected chi connectivity index (χ0v) is 10.3. The lowest BCUT2D eigenvalue weighted by atomic mass is 10.2. The van der Waals surface area contributed by atoms with Crippen molar-refractivity contribution in [3.63, 3.8) is 0 Å². The molecular weight excluding hydrogens is 248 g/mol. The largest absolute Gasteiger partial charge is 0.297 e. The summed E-state index contributed by atoms with van der Waals surface area (Å²) in [6.07, 6.45) is 1.65. The molecule has 1 aromatic heterocycles. The van der Waals surface area contributed by atoms with Gasteiger partial charge in [0.1, 0.15) is 5.15 Å². The number of nitrogens with zero attached hydrogens (tertiary/aromatic N) is 2. The maximum atomic E-state index is 11.3. The van der Waals surface area contributed by atoms with Gasteiger partial charge in [0.05, 0.1) is 11.5 Å². The van der Waals surface area contributed by atoms with E-state index >= 15 is 0 Å². The molecule has 1 aromatic rings. The first-order valence-corrected chi connectivity index (χ1v) is 7.29. The van der Waals surface area contributed by atoms with Crippen molar-refractivity contribution >= 4 is 21.4 Å². The Labute approximate surface area is 100 Å². The molecule has 1 aliphatic rings. The lowest BCUT2D eigenvalue weighted by molar-refractivity contribution is 0.287. The van der Waals surface area contributed by atoms with Crippen LogP contribution >= 0.6 is 11.6 Å². The van der Waals surface area contributed by atoms with E-state index in [-0.39, 0.29) is 11.5 Å². The molecule has 0 saturated carbocycles. The van der Waals surface area contributed by atoms with E-state index in [2.05, 4.69) is 9.88 Å². The number of pyridine rings is 1. The molecule has 88 valence electrons.